The average Bonchev–Trinajstić information content (AvgIpc) is 2.85. The molecule has 0 amide bonds. The third-order valence-corrected chi connectivity index (χ3v) is 3.31. The Morgan fingerprint density at radius 1 is 1.50 bits per heavy atom. The summed E-state index contributed by atoms with van der Waals surface area (Å²) in [7, 11) is 0. The molecule has 0 saturated carbocycles. The largest absolute Gasteiger partial charge is 0.481 e. The molecule has 0 saturated heterocycles. The first kappa shape index (κ1) is 14.8. The van der Waals surface area contributed by atoms with Crippen LogP contribution in [0.2, 0.25) is 0 Å². The minimum atomic E-state index is -0.829. The SMILES string of the molecule is C=C/C(=C\C=C1/CC=CS1)CCOCCC(=O)O. The fraction of sp³-hybridized carbons (Fsp3) is 0.357. The molecule has 1 rings (SSSR count). The van der Waals surface area contributed by atoms with Gasteiger partial charge in [-0.05, 0) is 28.7 Å². The highest BCUT2D eigenvalue weighted by Crippen LogP contribution is 2.28. The summed E-state index contributed by atoms with van der Waals surface area (Å²) in [6.45, 7) is 4.56. The Kier molecular flexibility index (Phi) is 7.22. The molecule has 0 aromatic rings. The average molecular weight is 266 g/mol. The third kappa shape index (κ3) is 6.47. The molecule has 0 radical (unpaired) electrons. The van der Waals surface area contributed by atoms with Crippen LogP contribution in [0.1, 0.15) is 19.3 Å². The van der Waals surface area contributed by atoms with Gasteiger partial charge in [-0.25, -0.2) is 0 Å². The normalized spacial score (nSPS) is 17.3. The molecule has 1 N–H and O–H groups in total. The van der Waals surface area contributed by atoms with E-state index in [1.54, 1.807) is 11.8 Å². The van der Waals surface area contributed by atoms with E-state index in [2.05, 4.69) is 24.1 Å². The van der Waals surface area contributed by atoms with Crippen LogP contribution in [0, 0.1) is 0 Å². The molecule has 0 fully saturated rings. The van der Waals surface area contributed by atoms with Crippen molar-refractivity contribution in [1.82, 2.24) is 0 Å². The number of allylic oxidation sites excluding steroid dienone is 5. The first-order valence-corrected chi connectivity index (χ1v) is 6.73. The lowest BCUT2D eigenvalue weighted by atomic mass is 10.1. The Morgan fingerprint density at radius 2 is 2.28 bits per heavy atom. The highest BCUT2D eigenvalue weighted by atomic mass is 32.2. The third-order valence-electron chi connectivity index (χ3n) is 2.38. The van der Waals surface area contributed by atoms with E-state index in [0.29, 0.717) is 6.61 Å². The molecule has 0 atom stereocenters. The van der Waals surface area contributed by atoms with Crippen LogP contribution in [0.15, 0.2) is 46.8 Å². The summed E-state index contributed by atoms with van der Waals surface area (Å²) in [5.74, 6) is -0.829. The van der Waals surface area contributed by atoms with Gasteiger partial charge in [0.05, 0.1) is 19.6 Å². The zero-order chi connectivity index (χ0) is 13.2. The fourth-order valence-electron chi connectivity index (χ4n) is 1.36. The van der Waals surface area contributed by atoms with Crippen LogP contribution in [0.4, 0.5) is 0 Å². The molecule has 1 aliphatic heterocycles. The second kappa shape index (κ2) is 8.78. The van der Waals surface area contributed by atoms with Gasteiger partial charge in [0.1, 0.15) is 0 Å². The maximum atomic E-state index is 10.3. The second-order valence-electron chi connectivity index (χ2n) is 3.78. The van der Waals surface area contributed by atoms with Crippen LogP contribution in [0.3, 0.4) is 0 Å². The molecule has 98 valence electrons. The second-order valence-corrected chi connectivity index (χ2v) is 4.81. The maximum absolute atomic E-state index is 10.3. The number of thioether (sulfide) groups is 1. The van der Waals surface area contributed by atoms with E-state index in [-0.39, 0.29) is 13.0 Å². The van der Waals surface area contributed by atoms with Crippen molar-refractivity contribution in [2.45, 2.75) is 19.3 Å². The molecule has 0 bridgehead atoms. The van der Waals surface area contributed by atoms with Crippen LogP contribution in [-0.2, 0) is 9.53 Å². The number of hydrogen-bond acceptors (Lipinski definition) is 3. The topological polar surface area (TPSA) is 46.5 Å². The Bertz CT molecular complexity index is 371. The van der Waals surface area contributed by atoms with Crippen molar-refractivity contribution in [1.29, 1.82) is 0 Å². The molecular weight excluding hydrogens is 248 g/mol. The number of ether oxygens (including phenoxy) is 1. The number of rotatable bonds is 8. The van der Waals surface area contributed by atoms with E-state index in [4.69, 9.17) is 9.84 Å². The molecule has 0 unspecified atom stereocenters. The summed E-state index contributed by atoms with van der Waals surface area (Å²) in [6.07, 6.45) is 9.89. The summed E-state index contributed by atoms with van der Waals surface area (Å²) in [6, 6.07) is 0. The Labute approximate surface area is 112 Å². The smallest absolute Gasteiger partial charge is 0.305 e. The predicted octanol–water partition coefficient (Wildman–Crippen LogP) is 3.51. The van der Waals surface area contributed by atoms with Crippen LogP contribution in [0.25, 0.3) is 0 Å². The fourth-order valence-corrected chi connectivity index (χ4v) is 2.07. The van der Waals surface area contributed by atoms with E-state index < -0.39 is 5.97 Å². The lowest BCUT2D eigenvalue weighted by molar-refractivity contribution is -0.138. The molecule has 0 aliphatic carbocycles. The van der Waals surface area contributed by atoms with Gasteiger partial charge >= 0.3 is 5.97 Å². The van der Waals surface area contributed by atoms with E-state index >= 15 is 0 Å². The molecule has 0 aromatic carbocycles. The standard InChI is InChI=1S/C14H18O3S/c1-2-12(5-6-13-4-3-11-18-13)7-9-17-10-8-14(15)16/h2-3,5-6,11H,1,4,7-10H2,(H,15,16)/b12-5+,13-6+. The molecule has 3 nitrogen and oxygen atoms in total. The van der Waals surface area contributed by atoms with Gasteiger partial charge in [-0.2, -0.15) is 0 Å². The van der Waals surface area contributed by atoms with Crippen LogP contribution < -0.4 is 0 Å². The summed E-state index contributed by atoms with van der Waals surface area (Å²) >= 11 is 1.74. The number of hydrogen-bond donors (Lipinski definition) is 1. The Morgan fingerprint density at radius 3 is 2.89 bits per heavy atom. The van der Waals surface area contributed by atoms with E-state index in [1.807, 2.05) is 12.2 Å². The van der Waals surface area contributed by atoms with Crippen molar-refractivity contribution < 1.29 is 14.6 Å². The van der Waals surface area contributed by atoms with E-state index in [1.165, 1.54) is 4.91 Å². The lowest BCUT2D eigenvalue weighted by Gasteiger charge is -2.03. The van der Waals surface area contributed by atoms with Crippen molar-refractivity contribution in [3.63, 3.8) is 0 Å². The van der Waals surface area contributed by atoms with E-state index in [0.717, 1.165) is 18.4 Å². The lowest BCUT2D eigenvalue weighted by Crippen LogP contribution is -2.03. The minimum Gasteiger partial charge on any atom is -0.481 e. The number of carboxylic acids is 1. The van der Waals surface area contributed by atoms with Crippen molar-refractivity contribution in [2.75, 3.05) is 13.2 Å². The van der Waals surface area contributed by atoms with Gasteiger partial charge in [0, 0.05) is 0 Å². The molecule has 0 spiro atoms. The molecule has 0 aromatic heterocycles. The van der Waals surface area contributed by atoms with Crippen molar-refractivity contribution in [2.24, 2.45) is 0 Å². The van der Waals surface area contributed by atoms with Crippen LogP contribution in [0.5, 0.6) is 0 Å². The summed E-state index contributed by atoms with van der Waals surface area (Å²) in [4.78, 5) is 11.6. The molecule has 1 aliphatic rings. The van der Waals surface area contributed by atoms with Gasteiger partial charge in [-0.15, -0.1) is 11.8 Å². The van der Waals surface area contributed by atoms with E-state index in [9.17, 15) is 4.79 Å². The summed E-state index contributed by atoms with van der Waals surface area (Å²) in [5, 5.41) is 10.5. The monoisotopic (exact) mass is 266 g/mol. The zero-order valence-corrected chi connectivity index (χ0v) is 11.1. The zero-order valence-electron chi connectivity index (χ0n) is 10.3. The quantitative estimate of drug-likeness (QED) is 0.539. The van der Waals surface area contributed by atoms with Gasteiger partial charge in [0.15, 0.2) is 0 Å². The van der Waals surface area contributed by atoms with Gasteiger partial charge in [0.25, 0.3) is 0 Å². The first-order valence-electron chi connectivity index (χ1n) is 5.85. The molecule has 1 heterocycles. The number of carboxylic acid groups (broad SMARTS) is 1. The molecule has 18 heavy (non-hydrogen) atoms. The van der Waals surface area contributed by atoms with Gasteiger partial charge in [-0.3, -0.25) is 4.79 Å². The highest BCUT2D eigenvalue weighted by Gasteiger charge is 2.00. The van der Waals surface area contributed by atoms with Crippen molar-refractivity contribution in [3.05, 3.63) is 46.8 Å². The molecular formula is C14H18O3S. The summed E-state index contributed by atoms with van der Waals surface area (Å²) in [5.41, 5.74) is 1.10. The van der Waals surface area contributed by atoms with Gasteiger partial charge < -0.3 is 9.84 Å². The van der Waals surface area contributed by atoms with Gasteiger partial charge in [0.2, 0.25) is 0 Å². The summed E-state index contributed by atoms with van der Waals surface area (Å²) < 4.78 is 5.24. The minimum absolute atomic E-state index is 0.0551. The molecule has 4 heteroatoms. The maximum Gasteiger partial charge on any atom is 0.305 e. The van der Waals surface area contributed by atoms with Crippen LogP contribution in [-0.4, -0.2) is 24.3 Å². The van der Waals surface area contributed by atoms with Crippen molar-refractivity contribution in [3.8, 4) is 0 Å². The van der Waals surface area contributed by atoms with Crippen molar-refractivity contribution >= 4 is 17.7 Å². The Hall–Kier alpha value is -1.26. The van der Waals surface area contributed by atoms with Gasteiger partial charge in [-0.1, -0.05) is 30.9 Å². The highest BCUT2D eigenvalue weighted by molar-refractivity contribution is 8.06. The number of carbonyl (C=O) groups is 1. The predicted molar refractivity (Wildman–Crippen MR) is 75.4 cm³/mol. The van der Waals surface area contributed by atoms with Crippen LogP contribution >= 0.6 is 11.8 Å². The Balaban J connectivity index is 2.24. The first-order chi connectivity index (χ1) is 8.72. The number of aliphatic carboxylic acids is 1.